The van der Waals surface area contributed by atoms with Crippen molar-refractivity contribution in [3.8, 4) is 11.5 Å². The van der Waals surface area contributed by atoms with E-state index in [4.69, 9.17) is 9.47 Å². The number of hydrogen-bond acceptors (Lipinski definition) is 6. The molecule has 3 aliphatic rings. The van der Waals surface area contributed by atoms with Crippen molar-refractivity contribution < 1.29 is 22.7 Å². The van der Waals surface area contributed by atoms with Gasteiger partial charge in [0, 0.05) is 50.2 Å². The van der Waals surface area contributed by atoms with E-state index >= 15 is 0 Å². The molecule has 2 aromatic carbocycles. The van der Waals surface area contributed by atoms with Crippen molar-refractivity contribution in [1.82, 2.24) is 9.21 Å². The van der Waals surface area contributed by atoms with Gasteiger partial charge in [-0.1, -0.05) is 22.0 Å². The average Bonchev–Trinajstić information content (AvgIpc) is 3.36. The summed E-state index contributed by atoms with van der Waals surface area (Å²) in [6, 6.07) is 9.37. The smallest absolute Gasteiger partial charge is 0.245 e. The first kappa shape index (κ1) is 22.6. The van der Waals surface area contributed by atoms with Crippen LogP contribution < -0.4 is 14.4 Å². The Kier molecular flexibility index (Phi) is 5.88. The molecule has 0 radical (unpaired) electrons. The van der Waals surface area contributed by atoms with Gasteiger partial charge >= 0.3 is 0 Å². The lowest BCUT2D eigenvalue weighted by molar-refractivity contribution is -0.116. The summed E-state index contributed by atoms with van der Waals surface area (Å²) in [6.07, 6.45) is 0.639. The topological polar surface area (TPSA) is 79.4 Å². The van der Waals surface area contributed by atoms with Crippen LogP contribution in [0.3, 0.4) is 0 Å². The van der Waals surface area contributed by atoms with Gasteiger partial charge in [0.05, 0.1) is 5.69 Å². The van der Waals surface area contributed by atoms with Crippen LogP contribution in [0, 0.1) is 0 Å². The van der Waals surface area contributed by atoms with Crippen LogP contribution >= 0.6 is 15.9 Å². The van der Waals surface area contributed by atoms with Gasteiger partial charge in [0.15, 0.2) is 11.5 Å². The zero-order chi connectivity index (χ0) is 23.3. The molecule has 1 unspecified atom stereocenters. The molecule has 1 saturated heterocycles. The fourth-order valence-electron chi connectivity index (χ4n) is 4.92. The normalized spacial score (nSPS) is 20.8. The standard InChI is InChI=1S/C23H26BrN3O5S/c1-15-9-18-11-19(24)12-22(23(18)27(15)16(2)28)33(29,30)26-7-5-25(6-8-26)13-17-3-4-20-21(10-17)32-14-31-20/h3-4,10-12,15H,5-9,13-14H2,1-2H3. The van der Waals surface area contributed by atoms with Gasteiger partial charge in [0.1, 0.15) is 4.90 Å². The lowest BCUT2D eigenvalue weighted by Gasteiger charge is -2.34. The van der Waals surface area contributed by atoms with Gasteiger partial charge in [-0.3, -0.25) is 9.69 Å². The zero-order valence-electron chi connectivity index (χ0n) is 18.6. The molecule has 0 saturated carbocycles. The lowest BCUT2D eigenvalue weighted by atomic mass is 10.1. The summed E-state index contributed by atoms with van der Waals surface area (Å²) in [5, 5.41) is 0. The Balaban J connectivity index is 1.34. The van der Waals surface area contributed by atoms with Crippen molar-refractivity contribution in [1.29, 1.82) is 0 Å². The average molecular weight is 536 g/mol. The van der Waals surface area contributed by atoms with Gasteiger partial charge in [-0.15, -0.1) is 0 Å². The first-order chi connectivity index (χ1) is 15.7. The Morgan fingerprint density at radius 3 is 2.55 bits per heavy atom. The highest BCUT2D eigenvalue weighted by atomic mass is 79.9. The molecule has 8 nitrogen and oxygen atoms in total. The third-order valence-corrected chi connectivity index (χ3v) is 8.82. The number of fused-ring (bicyclic) bond motifs is 2. The molecule has 3 heterocycles. The van der Waals surface area contributed by atoms with Crippen molar-refractivity contribution in [3.63, 3.8) is 0 Å². The van der Waals surface area contributed by atoms with E-state index in [1.165, 1.54) is 11.2 Å². The van der Waals surface area contributed by atoms with E-state index in [0.717, 1.165) is 22.6 Å². The van der Waals surface area contributed by atoms with Crippen LogP contribution in [0.4, 0.5) is 5.69 Å². The number of nitrogens with zero attached hydrogens (tertiary/aromatic N) is 3. The predicted molar refractivity (Wildman–Crippen MR) is 127 cm³/mol. The quantitative estimate of drug-likeness (QED) is 0.598. The number of benzene rings is 2. The molecule has 0 spiro atoms. The van der Waals surface area contributed by atoms with Crippen LogP contribution in [0.15, 0.2) is 39.7 Å². The van der Waals surface area contributed by atoms with Gasteiger partial charge in [-0.25, -0.2) is 8.42 Å². The predicted octanol–water partition coefficient (Wildman–Crippen LogP) is 2.98. The van der Waals surface area contributed by atoms with E-state index in [9.17, 15) is 13.2 Å². The van der Waals surface area contributed by atoms with Crippen molar-refractivity contribution in [3.05, 3.63) is 45.9 Å². The van der Waals surface area contributed by atoms with Gasteiger partial charge in [-0.2, -0.15) is 4.31 Å². The van der Waals surface area contributed by atoms with Crippen LogP contribution in [0.2, 0.25) is 0 Å². The van der Waals surface area contributed by atoms with E-state index in [0.29, 0.717) is 49.3 Å². The third-order valence-electron chi connectivity index (χ3n) is 6.45. The highest BCUT2D eigenvalue weighted by Crippen LogP contribution is 2.41. The minimum Gasteiger partial charge on any atom is -0.454 e. The fraction of sp³-hybridized carbons (Fsp3) is 0.435. The number of halogens is 1. The summed E-state index contributed by atoms with van der Waals surface area (Å²) >= 11 is 3.46. The van der Waals surface area contributed by atoms with Crippen LogP contribution in [-0.4, -0.2) is 62.5 Å². The SMILES string of the molecule is CC(=O)N1c2c(cc(Br)cc2S(=O)(=O)N2CCN(Cc3ccc4c(c3)OCO4)CC2)CC1C. The molecule has 1 atom stereocenters. The largest absolute Gasteiger partial charge is 0.454 e. The summed E-state index contributed by atoms with van der Waals surface area (Å²) < 4.78 is 40.4. The molecular formula is C23H26BrN3O5S. The van der Waals surface area contributed by atoms with Gasteiger partial charge in [-0.05, 0) is 48.7 Å². The van der Waals surface area contributed by atoms with Gasteiger partial charge in [0.25, 0.3) is 0 Å². The van der Waals surface area contributed by atoms with Crippen molar-refractivity contribution >= 4 is 37.5 Å². The molecule has 10 heteroatoms. The van der Waals surface area contributed by atoms with E-state index < -0.39 is 10.0 Å². The maximum atomic E-state index is 13.7. The lowest BCUT2D eigenvalue weighted by Crippen LogP contribution is -2.48. The Bertz CT molecular complexity index is 1210. The van der Waals surface area contributed by atoms with E-state index in [2.05, 4.69) is 20.8 Å². The summed E-state index contributed by atoms with van der Waals surface area (Å²) in [5.41, 5.74) is 2.51. The Hall–Kier alpha value is -2.14. The first-order valence-electron chi connectivity index (χ1n) is 11.0. The van der Waals surface area contributed by atoms with Gasteiger partial charge < -0.3 is 14.4 Å². The summed E-state index contributed by atoms with van der Waals surface area (Å²) in [4.78, 5) is 16.4. The number of ether oxygens (including phenoxy) is 2. The number of sulfonamides is 1. The van der Waals surface area contributed by atoms with Crippen molar-refractivity contribution in [2.45, 2.75) is 37.8 Å². The van der Waals surface area contributed by atoms with Crippen LogP contribution in [-0.2, 0) is 27.8 Å². The summed E-state index contributed by atoms with van der Waals surface area (Å²) in [5.74, 6) is 1.36. The number of anilines is 1. The highest BCUT2D eigenvalue weighted by Gasteiger charge is 2.38. The van der Waals surface area contributed by atoms with Crippen molar-refractivity contribution in [2.75, 3.05) is 37.9 Å². The number of rotatable bonds is 4. The number of amides is 1. The Labute approximate surface area is 202 Å². The Morgan fingerprint density at radius 2 is 1.82 bits per heavy atom. The van der Waals surface area contributed by atoms with E-state index in [-0.39, 0.29) is 23.6 Å². The zero-order valence-corrected chi connectivity index (χ0v) is 21.0. The molecule has 0 bridgehead atoms. The molecule has 0 aromatic heterocycles. The van der Waals surface area contributed by atoms with E-state index in [1.54, 1.807) is 11.0 Å². The first-order valence-corrected chi connectivity index (χ1v) is 13.2. The summed E-state index contributed by atoms with van der Waals surface area (Å²) in [6.45, 7) is 6.42. The number of carbonyl (C=O) groups excluding carboxylic acids is 1. The molecule has 33 heavy (non-hydrogen) atoms. The maximum absolute atomic E-state index is 13.7. The summed E-state index contributed by atoms with van der Waals surface area (Å²) in [7, 11) is -3.76. The monoisotopic (exact) mass is 535 g/mol. The Morgan fingerprint density at radius 1 is 1.09 bits per heavy atom. The molecule has 176 valence electrons. The minimum atomic E-state index is -3.76. The molecule has 1 fully saturated rings. The third kappa shape index (κ3) is 4.14. The second kappa shape index (κ2) is 8.57. The van der Waals surface area contributed by atoms with Crippen LogP contribution in [0.1, 0.15) is 25.0 Å². The van der Waals surface area contributed by atoms with Crippen LogP contribution in [0.25, 0.3) is 0 Å². The molecule has 0 aliphatic carbocycles. The molecular weight excluding hydrogens is 510 g/mol. The van der Waals surface area contributed by atoms with Gasteiger partial charge in [0.2, 0.25) is 22.7 Å². The number of piperazine rings is 1. The number of hydrogen-bond donors (Lipinski definition) is 0. The van der Waals surface area contributed by atoms with Crippen LogP contribution in [0.5, 0.6) is 11.5 Å². The highest BCUT2D eigenvalue weighted by molar-refractivity contribution is 9.10. The number of carbonyl (C=O) groups is 1. The molecule has 1 amide bonds. The fourth-order valence-corrected chi connectivity index (χ4v) is 7.24. The molecule has 2 aromatic rings. The minimum absolute atomic E-state index is 0.0701. The van der Waals surface area contributed by atoms with Crippen molar-refractivity contribution in [2.24, 2.45) is 0 Å². The molecule has 5 rings (SSSR count). The molecule has 3 aliphatic heterocycles. The second-order valence-corrected chi connectivity index (χ2v) is 11.5. The molecule has 0 N–H and O–H groups in total. The van der Waals surface area contributed by atoms with E-state index in [1.807, 2.05) is 31.2 Å². The second-order valence-electron chi connectivity index (χ2n) is 8.72. The maximum Gasteiger partial charge on any atom is 0.245 e.